The quantitative estimate of drug-likeness (QED) is 0.778. The Morgan fingerprint density at radius 1 is 1.53 bits per heavy atom. The highest BCUT2D eigenvalue weighted by Crippen LogP contribution is 2.35. The predicted molar refractivity (Wildman–Crippen MR) is 46.0 cm³/mol. The van der Waals surface area contributed by atoms with Gasteiger partial charge < -0.3 is 5.11 Å². The number of hydrogen-bond donors (Lipinski definition) is 1. The van der Waals surface area contributed by atoms with Gasteiger partial charge in [-0.3, -0.25) is 4.68 Å². The van der Waals surface area contributed by atoms with Crippen LogP contribution in [0.4, 0.5) is 13.2 Å². The highest BCUT2D eigenvalue weighted by molar-refractivity contribution is 5.19. The summed E-state index contributed by atoms with van der Waals surface area (Å²) in [7, 11) is 0. The van der Waals surface area contributed by atoms with E-state index in [2.05, 4.69) is 5.10 Å². The molecular weight excluding hydrogens is 209 g/mol. The molecule has 0 radical (unpaired) electrons. The van der Waals surface area contributed by atoms with Crippen LogP contribution in [-0.4, -0.2) is 21.1 Å². The molecule has 1 aromatic heterocycles. The summed E-state index contributed by atoms with van der Waals surface area (Å²) in [6.07, 6.45) is -2.71. The first-order valence-electron chi connectivity index (χ1n) is 4.73. The van der Waals surface area contributed by atoms with Gasteiger partial charge >= 0.3 is 6.18 Å². The molecule has 0 bridgehead atoms. The van der Waals surface area contributed by atoms with Crippen molar-refractivity contribution in [3.63, 3.8) is 0 Å². The molecule has 1 aromatic rings. The van der Waals surface area contributed by atoms with Crippen molar-refractivity contribution in [2.45, 2.75) is 32.2 Å². The molecule has 0 spiro atoms. The molecule has 3 nitrogen and oxygen atoms in total. The van der Waals surface area contributed by atoms with Gasteiger partial charge in [-0.15, -0.1) is 0 Å². The number of halogens is 3. The van der Waals surface area contributed by atoms with Crippen molar-refractivity contribution >= 4 is 0 Å². The molecule has 0 aliphatic carbocycles. The van der Waals surface area contributed by atoms with Crippen LogP contribution >= 0.6 is 0 Å². The average molecular weight is 220 g/mol. The largest absolute Gasteiger partial charge is 0.392 e. The second-order valence-electron chi connectivity index (χ2n) is 3.73. The van der Waals surface area contributed by atoms with Gasteiger partial charge in [-0.2, -0.15) is 18.3 Å². The van der Waals surface area contributed by atoms with Crippen molar-refractivity contribution in [1.29, 1.82) is 0 Å². The first-order chi connectivity index (χ1) is 7.02. The molecule has 0 saturated carbocycles. The number of aliphatic hydroxyl groups excluding tert-OH is 1. The number of aliphatic hydroxyl groups is 1. The Hall–Kier alpha value is -1.04. The molecule has 1 atom stereocenters. The fourth-order valence-electron chi connectivity index (χ4n) is 1.90. The lowest BCUT2D eigenvalue weighted by Gasteiger charge is -2.25. The van der Waals surface area contributed by atoms with E-state index in [0.29, 0.717) is 11.3 Å². The second kappa shape index (κ2) is 3.52. The number of hydrogen-bond acceptors (Lipinski definition) is 2. The van der Waals surface area contributed by atoms with Crippen LogP contribution in [0.5, 0.6) is 0 Å². The van der Waals surface area contributed by atoms with Crippen molar-refractivity contribution in [3.8, 4) is 0 Å². The van der Waals surface area contributed by atoms with E-state index in [1.807, 2.05) is 0 Å². The molecule has 0 amide bonds. The summed E-state index contributed by atoms with van der Waals surface area (Å²) in [4.78, 5) is 0. The zero-order valence-electron chi connectivity index (χ0n) is 7.96. The fourth-order valence-corrected chi connectivity index (χ4v) is 1.90. The Balaban J connectivity index is 2.25. The summed E-state index contributed by atoms with van der Waals surface area (Å²) in [6.45, 7) is 0.0272. The fraction of sp³-hybridized carbons (Fsp3) is 0.667. The first-order valence-corrected chi connectivity index (χ1v) is 4.73. The Labute approximate surface area is 84.5 Å². The smallest absolute Gasteiger partial charge is 0.392 e. The SMILES string of the molecule is OCc1cnn2c1CC(C(F)(F)F)CC2. The zero-order chi connectivity index (χ0) is 11.1. The van der Waals surface area contributed by atoms with E-state index in [4.69, 9.17) is 5.11 Å². The van der Waals surface area contributed by atoms with Crippen molar-refractivity contribution in [1.82, 2.24) is 9.78 Å². The molecule has 1 aliphatic rings. The normalized spacial score (nSPS) is 21.5. The summed E-state index contributed by atoms with van der Waals surface area (Å²) in [5.41, 5.74) is 1.02. The van der Waals surface area contributed by atoms with E-state index >= 15 is 0 Å². The van der Waals surface area contributed by atoms with Crippen LogP contribution < -0.4 is 0 Å². The third-order valence-corrected chi connectivity index (χ3v) is 2.80. The van der Waals surface area contributed by atoms with E-state index in [-0.39, 0.29) is 26.0 Å². The van der Waals surface area contributed by atoms with Crippen molar-refractivity contribution in [3.05, 3.63) is 17.5 Å². The monoisotopic (exact) mass is 220 g/mol. The Kier molecular flexibility index (Phi) is 2.46. The molecule has 0 aromatic carbocycles. The van der Waals surface area contributed by atoms with Crippen LogP contribution in [0.25, 0.3) is 0 Å². The van der Waals surface area contributed by atoms with Gasteiger partial charge in [0.05, 0.1) is 18.7 Å². The number of rotatable bonds is 1. The molecule has 15 heavy (non-hydrogen) atoms. The van der Waals surface area contributed by atoms with Crippen LogP contribution in [-0.2, 0) is 19.6 Å². The molecule has 1 aliphatic heterocycles. The van der Waals surface area contributed by atoms with Crippen LogP contribution in [0.15, 0.2) is 6.20 Å². The van der Waals surface area contributed by atoms with Gasteiger partial charge in [0.15, 0.2) is 0 Å². The zero-order valence-corrected chi connectivity index (χ0v) is 7.96. The first kappa shape index (κ1) is 10.5. The van der Waals surface area contributed by atoms with Crippen molar-refractivity contribution in [2.75, 3.05) is 0 Å². The van der Waals surface area contributed by atoms with Crippen LogP contribution in [0.2, 0.25) is 0 Å². The molecule has 1 N–H and O–H groups in total. The summed E-state index contributed by atoms with van der Waals surface area (Å²) < 4.78 is 39.0. The summed E-state index contributed by atoms with van der Waals surface area (Å²) in [5.74, 6) is -1.30. The van der Waals surface area contributed by atoms with Crippen LogP contribution in [0.1, 0.15) is 17.7 Å². The van der Waals surface area contributed by atoms with Crippen LogP contribution in [0.3, 0.4) is 0 Å². The summed E-state index contributed by atoms with van der Waals surface area (Å²) in [6, 6.07) is 0. The lowest BCUT2D eigenvalue weighted by molar-refractivity contribution is -0.179. The van der Waals surface area contributed by atoms with E-state index in [9.17, 15) is 13.2 Å². The minimum absolute atomic E-state index is 0.0700. The molecular formula is C9H11F3N2O. The minimum Gasteiger partial charge on any atom is -0.392 e. The molecule has 6 heteroatoms. The molecule has 1 unspecified atom stereocenters. The van der Waals surface area contributed by atoms with Gasteiger partial charge in [0.25, 0.3) is 0 Å². The van der Waals surface area contributed by atoms with Gasteiger partial charge in [0, 0.05) is 24.2 Å². The number of fused-ring (bicyclic) bond motifs is 1. The second-order valence-corrected chi connectivity index (χ2v) is 3.73. The van der Waals surface area contributed by atoms with Gasteiger partial charge in [0.1, 0.15) is 0 Å². The standard InChI is InChI=1S/C9H11F3N2O/c10-9(11,12)7-1-2-14-8(3-7)6(5-15)4-13-14/h4,7,15H,1-3,5H2. The maximum absolute atomic E-state index is 12.5. The van der Waals surface area contributed by atoms with Gasteiger partial charge in [0.2, 0.25) is 0 Å². The van der Waals surface area contributed by atoms with Crippen LogP contribution in [0, 0.1) is 5.92 Å². The molecule has 0 fully saturated rings. The summed E-state index contributed by atoms with van der Waals surface area (Å²) in [5, 5.41) is 12.9. The maximum Gasteiger partial charge on any atom is 0.392 e. The van der Waals surface area contributed by atoms with Gasteiger partial charge in [-0.05, 0) is 6.42 Å². The number of aromatic nitrogens is 2. The van der Waals surface area contributed by atoms with E-state index < -0.39 is 12.1 Å². The van der Waals surface area contributed by atoms with Gasteiger partial charge in [-0.25, -0.2) is 0 Å². The topological polar surface area (TPSA) is 38.1 Å². The number of aryl methyl sites for hydroxylation is 1. The van der Waals surface area contributed by atoms with Gasteiger partial charge in [-0.1, -0.05) is 0 Å². The third kappa shape index (κ3) is 1.86. The average Bonchev–Trinajstić information content (AvgIpc) is 2.57. The highest BCUT2D eigenvalue weighted by Gasteiger charge is 2.41. The van der Waals surface area contributed by atoms with Crippen molar-refractivity contribution < 1.29 is 18.3 Å². The Bertz CT molecular complexity index is 345. The lowest BCUT2D eigenvalue weighted by atomic mass is 9.94. The predicted octanol–water partition coefficient (Wildman–Crippen LogP) is 1.50. The molecule has 84 valence electrons. The van der Waals surface area contributed by atoms with E-state index in [1.165, 1.54) is 6.20 Å². The lowest BCUT2D eigenvalue weighted by Crippen LogP contribution is -2.31. The van der Waals surface area contributed by atoms with E-state index in [0.717, 1.165) is 0 Å². The Morgan fingerprint density at radius 3 is 2.87 bits per heavy atom. The highest BCUT2D eigenvalue weighted by atomic mass is 19.4. The number of alkyl halides is 3. The van der Waals surface area contributed by atoms with E-state index in [1.54, 1.807) is 4.68 Å². The molecule has 2 rings (SSSR count). The summed E-state index contributed by atoms with van der Waals surface area (Å²) >= 11 is 0. The Morgan fingerprint density at radius 2 is 2.27 bits per heavy atom. The third-order valence-electron chi connectivity index (χ3n) is 2.80. The van der Waals surface area contributed by atoms with Crippen molar-refractivity contribution in [2.24, 2.45) is 5.92 Å². The minimum atomic E-state index is -4.15. The molecule has 0 saturated heterocycles. The maximum atomic E-state index is 12.5. The molecule has 2 heterocycles. The number of nitrogens with zero attached hydrogens (tertiary/aromatic N) is 2.